The van der Waals surface area contributed by atoms with Crippen molar-refractivity contribution in [1.29, 1.82) is 0 Å². The molecule has 1 N–H and O–H groups in total. The molecule has 3 heteroatoms. The number of likely N-dealkylation sites (tertiary alicyclic amines) is 1. The Morgan fingerprint density at radius 2 is 1.89 bits per heavy atom. The second-order valence-electron chi connectivity index (χ2n) is 4.82. The zero-order valence-electron chi connectivity index (χ0n) is 11.3. The van der Waals surface area contributed by atoms with Crippen molar-refractivity contribution in [1.82, 2.24) is 10.2 Å². The lowest BCUT2D eigenvalue weighted by molar-refractivity contribution is 0.238. The smallest absolute Gasteiger partial charge is 0.119 e. The molecule has 0 amide bonds. The minimum Gasteiger partial charge on any atom is -0.492 e. The van der Waals surface area contributed by atoms with E-state index in [-0.39, 0.29) is 0 Å². The van der Waals surface area contributed by atoms with Crippen molar-refractivity contribution >= 4 is 0 Å². The highest BCUT2D eigenvalue weighted by molar-refractivity contribution is 5.27. The van der Waals surface area contributed by atoms with Crippen molar-refractivity contribution in [2.75, 3.05) is 32.8 Å². The third kappa shape index (κ3) is 4.31. The molecule has 0 aromatic heterocycles. The Morgan fingerprint density at radius 1 is 1.17 bits per heavy atom. The standard InChI is InChI=1S/C15H24N2O/c1-2-16-13-14-5-7-15(8-6-14)18-12-11-17-9-3-4-10-17/h5-8,16H,2-4,9-13H2,1H3. The van der Waals surface area contributed by atoms with Crippen molar-refractivity contribution in [3.05, 3.63) is 29.8 Å². The lowest BCUT2D eigenvalue weighted by Gasteiger charge is -2.15. The molecular formula is C15H24N2O. The van der Waals surface area contributed by atoms with Gasteiger partial charge >= 0.3 is 0 Å². The summed E-state index contributed by atoms with van der Waals surface area (Å²) in [4.78, 5) is 2.47. The van der Waals surface area contributed by atoms with Gasteiger partial charge in [0, 0.05) is 13.1 Å². The van der Waals surface area contributed by atoms with Crippen LogP contribution in [0.4, 0.5) is 0 Å². The summed E-state index contributed by atoms with van der Waals surface area (Å²) in [5.74, 6) is 0.981. The van der Waals surface area contributed by atoms with Crippen LogP contribution in [0.1, 0.15) is 25.3 Å². The van der Waals surface area contributed by atoms with Crippen LogP contribution in [0.5, 0.6) is 5.75 Å². The molecule has 100 valence electrons. The molecule has 1 heterocycles. The third-order valence-electron chi connectivity index (χ3n) is 3.38. The van der Waals surface area contributed by atoms with Gasteiger partial charge in [0.15, 0.2) is 0 Å². The van der Waals surface area contributed by atoms with Crippen molar-refractivity contribution in [3.63, 3.8) is 0 Å². The van der Waals surface area contributed by atoms with Crippen LogP contribution in [0.25, 0.3) is 0 Å². The number of hydrogen-bond donors (Lipinski definition) is 1. The highest BCUT2D eigenvalue weighted by Crippen LogP contribution is 2.13. The molecule has 1 aliphatic heterocycles. The van der Waals surface area contributed by atoms with Crippen LogP contribution in [-0.4, -0.2) is 37.7 Å². The Kier molecular flexibility index (Phi) is 5.49. The van der Waals surface area contributed by atoms with E-state index in [1.807, 2.05) is 0 Å². The molecule has 1 aliphatic rings. The summed E-state index contributed by atoms with van der Waals surface area (Å²) in [5.41, 5.74) is 1.31. The van der Waals surface area contributed by atoms with Gasteiger partial charge in [-0.05, 0) is 50.2 Å². The average Bonchev–Trinajstić information content (AvgIpc) is 2.91. The van der Waals surface area contributed by atoms with Gasteiger partial charge in [-0.3, -0.25) is 4.90 Å². The van der Waals surface area contributed by atoms with E-state index < -0.39 is 0 Å². The number of benzene rings is 1. The van der Waals surface area contributed by atoms with E-state index in [1.54, 1.807) is 0 Å². The van der Waals surface area contributed by atoms with Crippen LogP contribution in [0.15, 0.2) is 24.3 Å². The fourth-order valence-corrected chi connectivity index (χ4v) is 2.27. The molecule has 1 fully saturated rings. The summed E-state index contributed by atoms with van der Waals surface area (Å²) in [6, 6.07) is 8.40. The maximum absolute atomic E-state index is 5.77. The molecule has 0 radical (unpaired) electrons. The van der Waals surface area contributed by atoms with Crippen molar-refractivity contribution in [3.8, 4) is 5.75 Å². The maximum Gasteiger partial charge on any atom is 0.119 e. The lowest BCUT2D eigenvalue weighted by atomic mass is 10.2. The lowest BCUT2D eigenvalue weighted by Crippen LogP contribution is -2.25. The number of hydrogen-bond acceptors (Lipinski definition) is 3. The topological polar surface area (TPSA) is 24.5 Å². The van der Waals surface area contributed by atoms with Gasteiger partial charge in [0.25, 0.3) is 0 Å². The van der Waals surface area contributed by atoms with Gasteiger partial charge in [0.2, 0.25) is 0 Å². The minimum atomic E-state index is 0.798. The molecular weight excluding hydrogens is 224 g/mol. The molecule has 3 nitrogen and oxygen atoms in total. The van der Waals surface area contributed by atoms with E-state index >= 15 is 0 Å². The number of nitrogens with one attached hydrogen (secondary N) is 1. The van der Waals surface area contributed by atoms with Crippen molar-refractivity contribution in [2.45, 2.75) is 26.3 Å². The van der Waals surface area contributed by atoms with Crippen LogP contribution < -0.4 is 10.1 Å². The Labute approximate surface area is 110 Å². The highest BCUT2D eigenvalue weighted by Gasteiger charge is 2.10. The van der Waals surface area contributed by atoms with Gasteiger partial charge in [-0.25, -0.2) is 0 Å². The molecule has 18 heavy (non-hydrogen) atoms. The molecule has 0 saturated carbocycles. The first kappa shape index (κ1) is 13.4. The van der Waals surface area contributed by atoms with Crippen molar-refractivity contribution in [2.24, 2.45) is 0 Å². The van der Waals surface area contributed by atoms with Gasteiger partial charge < -0.3 is 10.1 Å². The molecule has 0 unspecified atom stereocenters. The molecule has 1 saturated heterocycles. The Balaban J connectivity index is 1.68. The SMILES string of the molecule is CCNCc1ccc(OCCN2CCCC2)cc1. The zero-order valence-corrected chi connectivity index (χ0v) is 11.3. The second kappa shape index (κ2) is 7.39. The largest absolute Gasteiger partial charge is 0.492 e. The fraction of sp³-hybridized carbons (Fsp3) is 0.600. The molecule has 1 aromatic carbocycles. The van der Waals surface area contributed by atoms with E-state index in [9.17, 15) is 0 Å². The van der Waals surface area contributed by atoms with Gasteiger partial charge in [0.05, 0.1) is 0 Å². The van der Waals surface area contributed by atoms with E-state index in [0.717, 1.165) is 32.0 Å². The summed E-state index contributed by atoms with van der Waals surface area (Å²) >= 11 is 0. The number of ether oxygens (including phenoxy) is 1. The molecule has 2 rings (SSSR count). The maximum atomic E-state index is 5.77. The predicted octanol–water partition coefficient (Wildman–Crippen LogP) is 2.27. The van der Waals surface area contributed by atoms with E-state index in [2.05, 4.69) is 41.4 Å². The predicted molar refractivity (Wildman–Crippen MR) is 75.0 cm³/mol. The van der Waals surface area contributed by atoms with E-state index in [1.165, 1.54) is 31.5 Å². The first-order chi connectivity index (χ1) is 8.88. The monoisotopic (exact) mass is 248 g/mol. The molecule has 0 bridgehead atoms. The van der Waals surface area contributed by atoms with Gasteiger partial charge in [-0.2, -0.15) is 0 Å². The molecule has 0 atom stereocenters. The minimum absolute atomic E-state index is 0.798. The highest BCUT2D eigenvalue weighted by atomic mass is 16.5. The van der Waals surface area contributed by atoms with Crippen molar-refractivity contribution < 1.29 is 4.74 Å². The third-order valence-corrected chi connectivity index (χ3v) is 3.38. The number of rotatable bonds is 7. The summed E-state index contributed by atoms with van der Waals surface area (Å²) < 4.78 is 5.77. The van der Waals surface area contributed by atoms with Crippen LogP contribution in [0.2, 0.25) is 0 Å². The number of nitrogens with zero attached hydrogens (tertiary/aromatic N) is 1. The van der Waals surface area contributed by atoms with Crippen LogP contribution >= 0.6 is 0 Å². The first-order valence-electron chi connectivity index (χ1n) is 7.03. The van der Waals surface area contributed by atoms with E-state index in [0.29, 0.717) is 0 Å². The van der Waals surface area contributed by atoms with Crippen LogP contribution in [0.3, 0.4) is 0 Å². The van der Waals surface area contributed by atoms with Crippen LogP contribution in [-0.2, 0) is 6.54 Å². The summed E-state index contributed by atoms with van der Waals surface area (Å²) in [6.45, 7) is 8.40. The Morgan fingerprint density at radius 3 is 2.56 bits per heavy atom. The zero-order chi connectivity index (χ0) is 12.6. The summed E-state index contributed by atoms with van der Waals surface area (Å²) in [7, 11) is 0. The molecule has 0 spiro atoms. The molecule has 0 aliphatic carbocycles. The average molecular weight is 248 g/mol. The summed E-state index contributed by atoms with van der Waals surface area (Å²) in [6.07, 6.45) is 2.69. The van der Waals surface area contributed by atoms with Gasteiger partial charge in [-0.1, -0.05) is 19.1 Å². The first-order valence-corrected chi connectivity index (χ1v) is 7.03. The van der Waals surface area contributed by atoms with Gasteiger partial charge in [-0.15, -0.1) is 0 Å². The van der Waals surface area contributed by atoms with Crippen LogP contribution in [0, 0.1) is 0 Å². The molecule has 1 aromatic rings. The van der Waals surface area contributed by atoms with Gasteiger partial charge in [0.1, 0.15) is 12.4 Å². The fourth-order valence-electron chi connectivity index (χ4n) is 2.27. The Hall–Kier alpha value is -1.06. The second-order valence-corrected chi connectivity index (χ2v) is 4.82. The quantitative estimate of drug-likeness (QED) is 0.801. The van der Waals surface area contributed by atoms with E-state index in [4.69, 9.17) is 4.74 Å². The Bertz CT molecular complexity index is 331. The summed E-state index contributed by atoms with van der Waals surface area (Å²) in [5, 5.41) is 3.32. The normalized spacial score (nSPS) is 16.1.